The van der Waals surface area contributed by atoms with Gasteiger partial charge in [-0.2, -0.15) is 5.10 Å². The molecule has 0 spiro atoms. The van der Waals surface area contributed by atoms with Crippen molar-refractivity contribution in [3.05, 3.63) is 18.2 Å². The summed E-state index contributed by atoms with van der Waals surface area (Å²) < 4.78 is 3.80. The van der Waals surface area contributed by atoms with Crippen molar-refractivity contribution in [3.63, 3.8) is 0 Å². The van der Waals surface area contributed by atoms with Crippen molar-refractivity contribution in [2.75, 3.05) is 11.4 Å². The quantitative estimate of drug-likeness (QED) is 0.837. The van der Waals surface area contributed by atoms with Crippen LogP contribution < -0.4 is 4.90 Å². The molecule has 0 bridgehead atoms. The van der Waals surface area contributed by atoms with Crippen LogP contribution in [0.5, 0.6) is 0 Å². The molecule has 0 N–H and O–H groups in total. The van der Waals surface area contributed by atoms with Gasteiger partial charge in [-0.1, -0.05) is 18.7 Å². The minimum atomic E-state index is -0.0978. The van der Waals surface area contributed by atoms with Crippen LogP contribution in [0.25, 0.3) is 0 Å². The van der Waals surface area contributed by atoms with Crippen LogP contribution in [-0.2, 0) is 18.4 Å². The molecule has 118 valence electrons. The van der Waals surface area contributed by atoms with E-state index in [1.54, 1.807) is 15.8 Å². The predicted octanol–water partition coefficient (Wildman–Crippen LogP) is 1.63. The van der Waals surface area contributed by atoms with E-state index >= 15 is 0 Å². The van der Waals surface area contributed by atoms with Crippen LogP contribution in [0.15, 0.2) is 17.6 Å². The van der Waals surface area contributed by atoms with Gasteiger partial charge in [0.1, 0.15) is 5.82 Å². The average Bonchev–Trinajstić information content (AvgIpc) is 3.16. The second-order valence-corrected chi connectivity index (χ2v) is 6.61. The van der Waals surface area contributed by atoms with Gasteiger partial charge in [-0.15, -0.1) is 10.2 Å². The number of aryl methyl sites for hydroxylation is 2. The lowest BCUT2D eigenvalue weighted by atomic mass is 10.4. The summed E-state index contributed by atoms with van der Waals surface area (Å²) in [4.78, 5) is 14.4. The standard InChI is InChI=1S/C14H20N6OS/c1-4-6-19-10(2)16-17-14(19)22-12-5-7-20(13(12)21)11-8-15-18(3)9-11/h8-9,12H,4-7H2,1-3H3/t12-/m0/s1. The van der Waals surface area contributed by atoms with E-state index in [2.05, 4.69) is 26.8 Å². The molecule has 1 amide bonds. The summed E-state index contributed by atoms with van der Waals surface area (Å²) >= 11 is 1.52. The number of amides is 1. The van der Waals surface area contributed by atoms with E-state index in [1.165, 1.54) is 11.8 Å². The highest BCUT2D eigenvalue weighted by Gasteiger charge is 2.35. The van der Waals surface area contributed by atoms with Crippen molar-refractivity contribution in [2.24, 2.45) is 7.05 Å². The first-order chi connectivity index (χ1) is 10.6. The van der Waals surface area contributed by atoms with Gasteiger partial charge in [0.25, 0.3) is 0 Å². The van der Waals surface area contributed by atoms with Crippen molar-refractivity contribution in [1.82, 2.24) is 24.5 Å². The van der Waals surface area contributed by atoms with E-state index in [4.69, 9.17) is 0 Å². The summed E-state index contributed by atoms with van der Waals surface area (Å²) in [5.41, 5.74) is 0.863. The van der Waals surface area contributed by atoms with E-state index in [1.807, 2.05) is 20.2 Å². The molecule has 0 radical (unpaired) electrons. The molecule has 0 aliphatic carbocycles. The fourth-order valence-corrected chi connectivity index (χ4v) is 3.77. The molecule has 1 atom stereocenters. The Morgan fingerprint density at radius 1 is 1.41 bits per heavy atom. The number of anilines is 1. The highest BCUT2D eigenvalue weighted by molar-refractivity contribution is 8.00. The Hall–Kier alpha value is -1.83. The maximum absolute atomic E-state index is 12.6. The molecule has 2 aromatic heterocycles. The first-order valence-corrected chi connectivity index (χ1v) is 8.34. The second kappa shape index (κ2) is 6.12. The van der Waals surface area contributed by atoms with Crippen molar-refractivity contribution >= 4 is 23.4 Å². The van der Waals surface area contributed by atoms with Crippen molar-refractivity contribution in [3.8, 4) is 0 Å². The second-order valence-electron chi connectivity index (χ2n) is 5.44. The molecule has 7 nitrogen and oxygen atoms in total. The van der Waals surface area contributed by atoms with Crippen LogP contribution in [0, 0.1) is 6.92 Å². The molecule has 3 heterocycles. The molecule has 2 aromatic rings. The number of aromatic nitrogens is 5. The third kappa shape index (κ3) is 2.75. The van der Waals surface area contributed by atoms with Crippen molar-refractivity contribution < 1.29 is 4.79 Å². The molecule has 1 fully saturated rings. The van der Waals surface area contributed by atoms with Gasteiger partial charge >= 0.3 is 0 Å². The van der Waals surface area contributed by atoms with Crippen molar-refractivity contribution in [1.29, 1.82) is 0 Å². The Labute approximate surface area is 133 Å². The lowest BCUT2D eigenvalue weighted by molar-refractivity contribution is -0.116. The van der Waals surface area contributed by atoms with Crippen LogP contribution >= 0.6 is 11.8 Å². The number of nitrogens with zero attached hydrogens (tertiary/aromatic N) is 6. The molecule has 0 saturated carbocycles. The Kier molecular flexibility index (Phi) is 4.19. The smallest absolute Gasteiger partial charge is 0.240 e. The summed E-state index contributed by atoms with van der Waals surface area (Å²) in [6, 6.07) is 0. The van der Waals surface area contributed by atoms with Crippen LogP contribution in [0.1, 0.15) is 25.6 Å². The van der Waals surface area contributed by atoms with Gasteiger partial charge in [-0.3, -0.25) is 9.48 Å². The summed E-state index contributed by atoms with van der Waals surface area (Å²) in [7, 11) is 1.85. The average molecular weight is 320 g/mol. The summed E-state index contributed by atoms with van der Waals surface area (Å²) in [6.07, 6.45) is 5.44. The van der Waals surface area contributed by atoms with Gasteiger partial charge in [0.2, 0.25) is 5.91 Å². The number of thioether (sulfide) groups is 1. The fraction of sp³-hybridized carbons (Fsp3) is 0.571. The Bertz CT molecular complexity index is 679. The van der Waals surface area contributed by atoms with Crippen LogP contribution in [0.4, 0.5) is 5.69 Å². The van der Waals surface area contributed by atoms with Gasteiger partial charge < -0.3 is 9.47 Å². The molecular weight excluding hydrogens is 300 g/mol. The minimum Gasteiger partial charge on any atom is -0.308 e. The Balaban J connectivity index is 1.73. The minimum absolute atomic E-state index is 0.0978. The van der Waals surface area contributed by atoms with Gasteiger partial charge in [0, 0.05) is 26.3 Å². The van der Waals surface area contributed by atoms with Crippen molar-refractivity contribution in [2.45, 2.75) is 43.6 Å². The number of carbonyl (C=O) groups is 1. The van der Waals surface area contributed by atoms with E-state index in [0.29, 0.717) is 0 Å². The monoisotopic (exact) mass is 320 g/mol. The van der Waals surface area contributed by atoms with Crippen LogP contribution in [0.2, 0.25) is 0 Å². The fourth-order valence-electron chi connectivity index (χ4n) is 2.62. The van der Waals surface area contributed by atoms with Gasteiger partial charge in [0.15, 0.2) is 5.16 Å². The molecule has 1 aliphatic heterocycles. The molecular formula is C14H20N6OS. The lowest BCUT2D eigenvalue weighted by Crippen LogP contribution is -2.27. The maximum Gasteiger partial charge on any atom is 0.240 e. The molecule has 0 unspecified atom stereocenters. The first-order valence-electron chi connectivity index (χ1n) is 7.46. The zero-order valence-electron chi connectivity index (χ0n) is 13.1. The van der Waals surface area contributed by atoms with E-state index in [9.17, 15) is 4.79 Å². The SMILES string of the molecule is CCCn1c(C)nnc1S[C@H]1CCN(c2cnn(C)c2)C1=O. The molecule has 1 saturated heterocycles. The topological polar surface area (TPSA) is 68.8 Å². The molecule has 3 rings (SSSR count). The number of rotatable bonds is 5. The molecule has 8 heteroatoms. The van der Waals surface area contributed by atoms with E-state index in [0.717, 1.165) is 42.6 Å². The highest BCUT2D eigenvalue weighted by Crippen LogP contribution is 2.32. The normalized spacial score (nSPS) is 18.4. The lowest BCUT2D eigenvalue weighted by Gasteiger charge is -2.14. The zero-order valence-corrected chi connectivity index (χ0v) is 13.9. The Morgan fingerprint density at radius 2 is 2.23 bits per heavy atom. The van der Waals surface area contributed by atoms with Crippen LogP contribution in [0.3, 0.4) is 0 Å². The third-order valence-electron chi connectivity index (χ3n) is 3.76. The molecule has 0 aromatic carbocycles. The predicted molar refractivity (Wildman–Crippen MR) is 84.9 cm³/mol. The highest BCUT2D eigenvalue weighted by atomic mass is 32.2. The third-order valence-corrected chi connectivity index (χ3v) is 4.99. The van der Waals surface area contributed by atoms with Gasteiger partial charge in [-0.05, 0) is 19.8 Å². The number of carbonyl (C=O) groups excluding carboxylic acids is 1. The van der Waals surface area contributed by atoms with Crippen LogP contribution in [-0.4, -0.2) is 42.2 Å². The summed E-state index contributed by atoms with van der Waals surface area (Å²) in [5.74, 6) is 1.03. The zero-order chi connectivity index (χ0) is 15.7. The van der Waals surface area contributed by atoms with E-state index in [-0.39, 0.29) is 11.2 Å². The molecule has 22 heavy (non-hydrogen) atoms. The van der Waals surface area contributed by atoms with Gasteiger partial charge in [0.05, 0.1) is 17.1 Å². The summed E-state index contributed by atoms with van der Waals surface area (Å²) in [6.45, 7) is 5.68. The number of hydrogen-bond donors (Lipinski definition) is 0. The number of hydrogen-bond acceptors (Lipinski definition) is 5. The molecule has 1 aliphatic rings. The van der Waals surface area contributed by atoms with E-state index < -0.39 is 0 Å². The largest absolute Gasteiger partial charge is 0.308 e. The van der Waals surface area contributed by atoms with Gasteiger partial charge in [-0.25, -0.2) is 0 Å². The Morgan fingerprint density at radius 3 is 2.91 bits per heavy atom. The first kappa shape index (κ1) is 15.1. The maximum atomic E-state index is 12.6. The summed E-state index contributed by atoms with van der Waals surface area (Å²) in [5, 5.41) is 13.2.